The molecule has 36 heavy (non-hydrogen) atoms. The van der Waals surface area contributed by atoms with Crippen LogP contribution in [0, 0.1) is 0 Å². The molecule has 4 aromatic rings. The van der Waals surface area contributed by atoms with Gasteiger partial charge in [0.1, 0.15) is 10.9 Å². The van der Waals surface area contributed by atoms with E-state index in [1.54, 1.807) is 21.1 Å². The van der Waals surface area contributed by atoms with Crippen LogP contribution in [0.25, 0.3) is 21.3 Å². The minimum atomic E-state index is -0.698. The zero-order chi connectivity index (χ0) is 25.8. The minimum absolute atomic E-state index is 0.216. The Morgan fingerprint density at radius 2 is 1.78 bits per heavy atom. The average molecular weight is 506 g/mol. The molecule has 8 heteroatoms. The normalized spacial score (nSPS) is 12.1. The van der Waals surface area contributed by atoms with Gasteiger partial charge in [0.2, 0.25) is 5.91 Å². The van der Waals surface area contributed by atoms with Crippen LogP contribution < -0.4 is 20.3 Å². The van der Waals surface area contributed by atoms with Crippen LogP contribution in [0.3, 0.4) is 0 Å². The molecule has 0 aliphatic rings. The van der Waals surface area contributed by atoms with Crippen LogP contribution in [0.4, 0.5) is 0 Å². The van der Waals surface area contributed by atoms with Gasteiger partial charge in [-0.25, -0.2) is 4.98 Å². The molecule has 0 aliphatic heterocycles. The zero-order valence-corrected chi connectivity index (χ0v) is 22.0. The van der Waals surface area contributed by atoms with Crippen molar-refractivity contribution in [3.05, 3.63) is 75.7 Å². The lowest BCUT2D eigenvalue weighted by molar-refractivity contribution is -0.123. The summed E-state index contributed by atoms with van der Waals surface area (Å²) in [6.07, 6.45) is 2.08. The number of amides is 1. The van der Waals surface area contributed by atoms with Gasteiger partial charge in [-0.3, -0.25) is 14.2 Å². The molecular formula is C28H31N3O4S. The fraction of sp³-hybridized carbons (Fsp3) is 0.321. The Hall–Kier alpha value is -3.65. The quantitative estimate of drug-likeness (QED) is 0.339. The summed E-state index contributed by atoms with van der Waals surface area (Å²) in [5, 5.41) is 5.44. The van der Waals surface area contributed by atoms with E-state index in [-0.39, 0.29) is 11.5 Å². The number of hydrogen-bond donors (Lipinski definition) is 1. The van der Waals surface area contributed by atoms with Gasteiger partial charge in [-0.05, 0) is 48.1 Å². The van der Waals surface area contributed by atoms with E-state index >= 15 is 0 Å². The lowest BCUT2D eigenvalue weighted by atomic mass is 9.99. The maximum Gasteiger partial charge on any atom is 0.263 e. The summed E-state index contributed by atoms with van der Waals surface area (Å²) < 4.78 is 12.0. The van der Waals surface area contributed by atoms with Crippen molar-refractivity contribution in [1.29, 1.82) is 0 Å². The highest BCUT2D eigenvalue weighted by molar-refractivity contribution is 7.17. The second kappa shape index (κ2) is 11.0. The summed E-state index contributed by atoms with van der Waals surface area (Å²) >= 11 is 1.44. The topological polar surface area (TPSA) is 82.5 Å². The maximum absolute atomic E-state index is 13.5. The molecule has 1 amide bonds. The summed E-state index contributed by atoms with van der Waals surface area (Å²) in [5.41, 5.74) is 3.85. The zero-order valence-electron chi connectivity index (χ0n) is 21.2. The molecule has 0 saturated carbocycles. The van der Waals surface area contributed by atoms with E-state index < -0.39 is 6.04 Å². The number of carbonyl (C=O) groups excluding carboxylic acids is 1. The fourth-order valence-corrected chi connectivity index (χ4v) is 5.03. The highest BCUT2D eigenvalue weighted by Crippen LogP contribution is 2.32. The first kappa shape index (κ1) is 25.4. The first-order chi connectivity index (χ1) is 17.3. The number of methoxy groups -OCH3 is 2. The van der Waals surface area contributed by atoms with E-state index in [4.69, 9.17) is 9.47 Å². The van der Waals surface area contributed by atoms with Gasteiger partial charge < -0.3 is 14.8 Å². The summed E-state index contributed by atoms with van der Waals surface area (Å²) in [7, 11) is 3.18. The van der Waals surface area contributed by atoms with Gasteiger partial charge in [-0.1, -0.05) is 44.2 Å². The second-order valence-electron chi connectivity index (χ2n) is 8.97. The predicted molar refractivity (Wildman–Crippen MR) is 144 cm³/mol. The van der Waals surface area contributed by atoms with Gasteiger partial charge in [0.25, 0.3) is 5.56 Å². The number of aromatic nitrogens is 2. The van der Waals surface area contributed by atoms with Crippen LogP contribution in [0.1, 0.15) is 43.9 Å². The number of benzene rings is 2. The van der Waals surface area contributed by atoms with Crippen LogP contribution in [-0.4, -0.2) is 36.2 Å². The van der Waals surface area contributed by atoms with E-state index in [1.165, 1.54) is 27.8 Å². The number of hydrogen-bond acceptors (Lipinski definition) is 6. The molecule has 0 fully saturated rings. The van der Waals surface area contributed by atoms with Crippen LogP contribution >= 0.6 is 11.3 Å². The third kappa shape index (κ3) is 5.14. The van der Waals surface area contributed by atoms with Gasteiger partial charge in [-0.15, -0.1) is 11.3 Å². The number of carbonyl (C=O) groups is 1. The Balaban J connectivity index is 1.50. The molecule has 0 saturated heterocycles. The second-order valence-corrected chi connectivity index (χ2v) is 9.83. The Bertz CT molecular complexity index is 1420. The summed E-state index contributed by atoms with van der Waals surface area (Å²) in [6.45, 7) is 6.44. The van der Waals surface area contributed by atoms with Gasteiger partial charge in [0, 0.05) is 17.5 Å². The van der Waals surface area contributed by atoms with Crippen LogP contribution in [0.5, 0.6) is 11.5 Å². The molecule has 188 valence electrons. The third-order valence-electron chi connectivity index (χ3n) is 6.37. The summed E-state index contributed by atoms with van der Waals surface area (Å²) in [6, 6.07) is 13.2. The van der Waals surface area contributed by atoms with Crippen molar-refractivity contribution in [2.24, 2.45) is 0 Å². The molecule has 4 rings (SSSR count). The molecular weight excluding hydrogens is 474 g/mol. The van der Waals surface area contributed by atoms with Crippen LogP contribution in [-0.2, 0) is 11.2 Å². The number of rotatable bonds is 9. The Kier molecular flexibility index (Phi) is 7.74. The first-order valence-electron chi connectivity index (χ1n) is 11.9. The lowest BCUT2D eigenvalue weighted by Crippen LogP contribution is -2.36. The molecule has 7 nitrogen and oxygen atoms in total. The van der Waals surface area contributed by atoms with Gasteiger partial charge in [0.05, 0.1) is 25.9 Å². The molecule has 0 spiro atoms. The van der Waals surface area contributed by atoms with Crippen molar-refractivity contribution in [3.8, 4) is 22.6 Å². The first-order valence-corrected chi connectivity index (χ1v) is 12.8. The monoisotopic (exact) mass is 505 g/mol. The van der Waals surface area contributed by atoms with E-state index in [1.807, 2.05) is 35.7 Å². The van der Waals surface area contributed by atoms with Gasteiger partial charge in [0.15, 0.2) is 11.5 Å². The van der Waals surface area contributed by atoms with Gasteiger partial charge >= 0.3 is 0 Å². The van der Waals surface area contributed by atoms with Crippen molar-refractivity contribution in [2.45, 2.75) is 39.2 Å². The van der Waals surface area contributed by atoms with Crippen LogP contribution in [0.2, 0.25) is 0 Å². The fourth-order valence-electron chi connectivity index (χ4n) is 4.12. The maximum atomic E-state index is 13.5. The molecule has 2 aromatic carbocycles. The van der Waals surface area contributed by atoms with E-state index in [0.29, 0.717) is 40.6 Å². The van der Waals surface area contributed by atoms with E-state index in [9.17, 15) is 9.59 Å². The largest absolute Gasteiger partial charge is 0.493 e. The standard InChI is InChI=1S/C28H31N3O4S/c1-17(2)20-7-9-21(10-8-20)22-15-36-27-25(22)28(33)31(16-30-27)18(3)26(32)29-13-12-19-6-11-23(34-4)24(14-19)35-5/h6-11,14-18H,12-13H2,1-5H3,(H,29,32). The molecule has 2 heterocycles. The molecule has 1 N–H and O–H groups in total. The molecule has 2 aromatic heterocycles. The SMILES string of the molecule is COc1ccc(CCNC(=O)C(C)n2cnc3scc(-c4ccc(C(C)C)cc4)c3c2=O)cc1OC. The van der Waals surface area contributed by atoms with Gasteiger partial charge in [-0.2, -0.15) is 0 Å². The van der Waals surface area contributed by atoms with Crippen molar-refractivity contribution >= 4 is 27.5 Å². The van der Waals surface area contributed by atoms with Crippen molar-refractivity contribution < 1.29 is 14.3 Å². The Morgan fingerprint density at radius 1 is 1.06 bits per heavy atom. The number of fused-ring (bicyclic) bond motifs is 1. The van der Waals surface area contributed by atoms with E-state index in [0.717, 1.165) is 16.7 Å². The summed E-state index contributed by atoms with van der Waals surface area (Å²) in [5.74, 6) is 1.50. The third-order valence-corrected chi connectivity index (χ3v) is 7.25. The molecule has 0 radical (unpaired) electrons. The molecule has 0 aliphatic carbocycles. The molecule has 1 atom stereocenters. The van der Waals surface area contributed by atoms with Crippen molar-refractivity contribution in [1.82, 2.24) is 14.9 Å². The highest BCUT2D eigenvalue weighted by Gasteiger charge is 2.20. The average Bonchev–Trinajstić information content (AvgIpc) is 3.33. The number of ether oxygens (including phenoxy) is 2. The highest BCUT2D eigenvalue weighted by atomic mass is 32.1. The predicted octanol–water partition coefficient (Wildman–Crippen LogP) is 5.19. The molecule has 0 bridgehead atoms. The Morgan fingerprint density at radius 3 is 2.44 bits per heavy atom. The number of nitrogens with one attached hydrogen (secondary N) is 1. The summed E-state index contributed by atoms with van der Waals surface area (Å²) in [4.78, 5) is 31.5. The lowest BCUT2D eigenvalue weighted by Gasteiger charge is -2.15. The van der Waals surface area contributed by atoms with Crippen molar-refractivity contribution in [3.63, 3.8) is 0 Å². The van der Waals surface area contributed by atoms with E-state index in [2.05, 4.69) is 36.3 Å². The minimum Gasteiger partial charge on any atom is -0.493 e. The molecule has 1 unspecified atom stereocenters. The number of thiophene rings is 1. The smallest absolute Gasteiger partial charge is 0.263 e. The number of nitrogens with zero attached hydrogens (tertiary/aromatic N) is 2. The Labute approximate surface area is 214 Å². The van der Waals surface area contributed by atoms with Crippen molar-refractivity contribution in [2.75, 3.05) is 20.8 Å². The van der Waals surface area contributed by atoms with Crippen LogP contribution in [0.15, 0.2) is 59.0 Å².